The Balaban J connectivity index is 1.80. The van der Waals surface area contributed by atoms with Crippen LogP contribution in [0.3, 0.4) is 0 Å². The van der Waals surface area contributed by atoms with Gasteiger partial charge >= 0.3 is 0 Å². The first-order valence-corrected chi connectivity index (χ1v) is 8.56. The van der Waals surface area contributed by atoms with E-state index in [1.165, 1.54) is 0 Å². The number of aryl methyl sites for hydroxylation is 2. The Hall–Kier alpha value is -3.68. The van der Waals surface area contributed by atoms with Crippen molar-refractivity contribution in [2.75, 3.05) is 14.2 Å². The largest absolute Gasteiger partial charge is 0.493 e. The van der Waals surface area contributed by atoms with Crippen LogP contribution in [0.2, 0.25) is 0 Å². The molecule has 28 heavy (non-hydrogen) atoms. The number of ether oxygens (including phenoxy) is 2. The normalized spacial score (nSPS) is 11.0. The summed E-state index contributed by atoms with van der Waals surface area (Å²) >= 11 is 0. The lowest BCUT2D eigenvalue weighted by Gasteiger charge is -2.09. The van der Waals surface area contributed by atoms with E-state index in [-0.39, 0.29) is 5.56 Å². The van der Waals surface area contributed by atoms with Gasteiger partial charge in [-0.2, -0.15) is 4.98 Å². The zero-order chi connectivity index (χ0) is 19.8. The molecule has 2 aromatic carbocycles. The maximum absolute atomic E-state index is 12.0. The summed E-state index contributed by atoms with van der Waals surface area (Å²) in [5.41, 5.74) is 3.10. The molecule has 0 aliphatic carbocycles. The van der Waals surface area contributed by atoms with Crippen LogP contribution in [0.25, 0.3) is 33.9 Å². The molecule has 0 fully saturated rings. The van der Waals surface area contributed by atoms with Crippen LogP contribution in [-0.2, 0) is 7.05 Å². The molecule has 0 saturated heterocycles. The van der Waals surface area contributed by atoms with Crippen molar-refractivity contribution in [1.82, 2.24) is 19.7 Å². The van der Waals surface area contributed by atoms with Crippen LogP contribution in [0.15, 0.2) is 45.7 Å². The van der Waals surface area contributed by atoms with Gasteiger partial charge in [0.1, 0.15) is 5.69 Å². The molecule has 0 aliphatic rings. The molecule has 0 spiro atoms. The third-order valence-electron chi connectivity index (χ3n) is 4.56. The fraction of sp³-hybridized carbons (Fsp3) is 0.200. The van der Waals surface area contributed by atoms with Crippen molar-refractivity contribution in [3.05, 3.63) is 52.4 Å². The van der Waals surface area contributed by atoms with Crippen LogP contribution in [0.5, 0.6) is 11.5 Å². The number of methoxy groups -OCH3 is 2. The summed E-state index contributed by atoms with van der Waals surface area (Å²) in [6.07, 6.45) is 0. The Bertz CT molecular complexity index is 1240. The van der Waals surface area contributed by atoms with E-state index in [1.807, 2.05) is 30.3 Å². The van der Waals surface area contributed by atoms with Gasteiger partial charge in [-0.15, -0.1) is 0 Å². The second kappa shape index (κ2) is 6.80. The fourth-order valence-electron chi connectivity index (χ4n) is 3.12. The molecule has 0 atom stereocenters. The first kappa shape index (κ1) is 17.7. The van der Waals surface area contributed by atoms with Gasteiger partial charge in [0.25, 0.3) is 11.4 Å². The molecule has 2 heterocycles. The van der Waals surface area contributed by atoms with Crippen molar-refractivity contribution >= 4 is 11.0 Å². The molecule has 8 nitrogen and oxygen atoms in total. The summed E-state index contributed by atoms with van der Waals surface area (Å²) in [6, 6.07) is 10.9. The molecule has 0 unspecified atom stereocenters. The molecule has 0 N–H and O–H groups in total. The van der Waals surface area contributed by atoms with Crippen molar-refractivity contribution in [1.29, 1.82) is 0 Å². The number of fused-ring (bicyclic) bond motifs is 1. The SMILES string of the molecule is COc1cccc(-c2nc(-c3ccc4c(c3)nc(C)c(=O)n4C)no2)c1OC. The predicted octanol–water partition coefficient (Wildman–Crippen LogP) is 2.98. The van der Waals surface area contributed by atoms with Crippen molar-refractivity contribution in [2.24, 2.45) is 7.05 Å². The van der Waals surface area contributed by atoms with E-state index in [0.717, 1.165) is 11.1 Å². The molecule has 0 saturated carbocycles. The number of nitrogens with zero attached hydrogens (tertiary/aromatic N) is 4. The highest BCUT2D eigenvalue weighted by Gasteiger charge is 2.18. The summed E-state index contributed by atoms with van der Waals surface area (Å²) < 4.78 is 17.8. The maximum atomic E-state index is 12.0. The Morgan fingerprint density at radius 1 is 1.07 bits per heavy atom. The molecule has 2 aromatic heterocycles. The average molecular weight is 378 g/mol. The van der Waals surface area contributed by atoms with Crippen LogP contribution < -0.4 is 15.0 Å². The van der Waals surface area contributed by atoms with Gasteiger partial charge in [-0.3, -0.25) is 4.79 Å². The lowest BCUT2D eigenvalue weighted by molar-refractivity contribution is 0.353. The smallest absolute Gasteiger partial charge is 0.272 e. The second-order valence-electron chi connectivity index (χ2n) is 6.23. The van der Waals surface area contributed by atoms with Crippen molar-refractivity contribution in [3.8, 4) is 34.3 Å². The quantitative estimate of drug-likeness (QED) is 0.539. The lowest BCUT2D eigenvalue weighted by atomic mass is 10.1. The highest BCUT2D eigenvalue weighted by Crippen LogP contribution is 2.37. The zero-order valence-electron chi connectivity index (χ0n) is 15.9. The van der Waals surface area contributed by atoms with Gasteiger partial charge in [-0.25, -0.2) is 4.98 Å². The number of hydrogen-bond acceptors (Lipinski definition) is 7. The van der Waals surface area contributed by atoms with Gasteiger partial charge in [0.15, 0.2) is 11.5 Å². The minimum absolute atomic E-state index is 0.118. The molecule has 142 valence electrons. The van der Waals surface area contributed by atoms with E-state index < -0.39 is 0 Å². The van der Waals surface area contributed by atoms with E-state index in [0.29, 0.717) is 40.0 Å². The first-order valence-electron chi connectivity index (χ1n) is 8.56. The number of hydrogen-bond donors (Lipinski definition) is 0. The fourth-order valence-corrected chi connectivity index (χ4v) is 3.12. The average Bonchev–Trinajstić information content (AvgIpc) is 3.21. The van der Waals surface area contributed by atoms with Crippen LogP contribution in [0, 0.1) is 6.92 Å². The molecule has 8 heteroatoms. The van der Waals surface area contributed by atoms with Gasteiger partial charge in [0.2, 0.25) is 5.82 Å². The minimum Gasteiger partial charge on any atom is -0.493 e. The van der Waals surface area contributed by atoms with Crippen LogP contribution in [0.1, 0.15) is 5.69 Å². The summed E-state index contributed by atoms with van der Waals surface area (Å²) in [4.78, 5) is 20.9. The topological polar surface area (TPSA) is 92.3 Å². The molecular weight excluding hydrogens is 360 g/mol. The van der Waals surface area contributed by atoms with Gasteiger partial charge in [0.05, 0.1) is 30.8 Å². The Kier molecular flexibility index (Phi) is 4.31. The number of benzene rings is 2. The van der Waals surface area contributed by atoms with E-state index in [2.05, 4.69) is 15.1 Å². The van der Waals surface area contributed by atoms with Gasteiger partial charge in [0, 0.05) is 12.6 Å². The van der Waals surface area contributed by atoms with Crippen molar-refractivity contribution in [3.63, 3.8) is 0 Å². The van der Waals surface area contributed by atoms with Crippen LogP contribution >= 0.6 is 0 Å². The second-order valence-corrected chi connectivity index (χ2v) is 6.23. The Morgan fingerprint density at radius 3 is 2.64 bits per heavy atom. The molecule has 0 radical (unpaired) electrons. The van der Waals surface area contributed by atoms with Crippen molar-refractivity contribution < 1.29 is 14.0 Å². The van der Waals surface area contributed by atoms with Crippen molar-refractivity contribution in [2.45, 2.75) is 6.92 Å². The summed E-state index contributed by atoms with van der Waals surface area (Å²) in [5, 5.41) is 4.08. The van der Waals surface area contributed by atoms with E-state index in [9.17, 15) is 4.79 Å². The lowest BCUT2D eigenvalue weighted by Crippen LogP contribution is -2.20. The van der Waals surface area contributed by atoms with E-state index >= 15 is 0 Å². The number of para-hydroxylation sites is 1. The molecule has 4 rings (SSSR count). The highest BCUT2D eigenvalue weighted by atomic mass is 16.5. The van der Waals surface area contributed by atoms with E-state index in [4.69, 9.17) is 14.0 Å². The van der Waals surface area contributed by atoms with Gasteiger partial charge < -0.3 is 18.6 Å². The minimum atomic E-state index is -0.118. The Morgan fingerprint density at radius 2 is 1.89 bits per heavy atom. The van der Waals surface area contributed by atoms with Gasteiger partial charge in [-0.05, 0) is 37.3 Å². The van der Waals surface area contributed by atoms with E-state index in [1.54, 1.807) is 38.8 Å². The summed E-state index contributed by atoms with van der Waals surface area (Å²) in [7, 11) is 4.85. The third-order valence-corrected chi connectivity index (χ3v) is 4.56. The molecule has 0 aliphatic heterocycles. The third kappa shape index (κ3) is 2.79. The standard InChI is InChI=1S/C20H18N4O4/c1-11-20(25)24(2)15-9-8-12(10-14(15)21-11)18-22-19(28-23-18)13-6-5-7-16(26-3)17(13)27-4/h5-10H,1-4H3. The predicted molar refractivity (Wildman–Crippen MR) is 104 cm³/mol. The first-order chi connectivity index (χ1) is 13.5. The van der Waals surface area contributed by atoms with Crippen LogP contribution in [-0.4, -0.2) is 33.9 Å². The summed E-state index contributed by atoms with van der Waals surface area (Å²) in [5.74, 6) is 1.82. The number of rotatable bonds is 4. The monoisotopic (exact) mass is 378 g/mol. The van der Waals surface area contributed by atoms with Gasteiger partial charge in [-0.1, -0.05) is 11.2 Å². The highest BCUT2D eigenvalue weighted by molar-refractivity contribution is 5.80. The molecular formula is C20H18N4O4. The number of aromatic nitrogens is 4. The van der Waals surface area contributed by atoms with Crippen LogP contribution in [0.4, 0.5) is 0 Å². The molecule has 0 amide bonds. The zero-order valence-corrected chi connectivity index (χ0v) is 15.9. The summed E-state index contributed by atoms with van der Waals surface area (Å²) in [6.45, 7) is 1.69. The molecule has 0 bridgehead atoms. The Labute approximate surface area is 160 Å². The maximum Gasteiger partial charge on any atom is 0.272 e. The molecule has 4 aromatic rings.